The van der Waals surface area contributed by atoms with E-state index in [2.05, 4.69) is 70.7 Å². The van der Waals surface area contributed by atoms with Gasteiger partial charge in [0.1, 0.15) is 0 Å². The molecule has 5 rings (SSSR count). The fraction of sp³-hybridized carbons (Fsp3) is 0.160. The Labute approximate surface area is 169 Å². The zero-order valence-electron chi connectivity index (χ0n) is 16.6. The van der Waals surface area contributed by atoms with E-state index in [0.717, 1.165) is 23.1 Å². The zero-order valence-corrected chi connectivity index (χ0v) is 16.6. The first-order valence-corrected chi connectivity index (χ1v) is 9.85. The fourth-order valence-corrected chi connectivity index (χ4v) is 4.54. The van der Waals surface area contributed by atoms with Crippen LogP contribution >= 0.6 is 0 Å². The van der Waals surface area contributed by atoms with Crippen molar-refractivity contribution in [3.05, 3.63) is 89.8 Å². The summed E-state index contributed by atoms with van der Waals surface area (Å²) in [6.45, 7) is 0. The molecule has 2 aromatic carbocycles. The van der Waals surface area contributed by atoms with Crippen molar-refractivity contribution in [3.63, 3.8) is 0 Å². The van der Waals surface area contributed by atoms with E-state index in [4.69, 9.17) is 0 Å². The number of nitrogens with one attached hydrogen (secondary N) is 2. The van der Waals surface area contributed by atoms with E-state index in [1.54, 1.807) is 25.1 Å². The number of hydrogen-bond donors (Lipinski definition) is 2. The molecule has 1 amide bonds. The van der Waals surface area contributed by atoms with Crippen LogP contribution in [0.25, 0.3) is 27.9 Å². The van der Waals surface area contributed by atoms with Gasteiger partial charge in [-0.25, -0.2) is 0 Å². The van der Waals surface area contributed by atoms with Crippen molar-refractivity contribution in [2.24, 2.45) is 0 Å². The predicted molar refractivity (Wildman–Crippen MR) is 119 cm³/mol. The van der Waals surface area contributed by atoms with Crippen molar-refractivity contribution in [1.29, 1.82) is 0 Å². The third-order valence-electron chi connectivity index (χ3n) is 5.92. The summed E-state index contributed by atoms with van der Waals surface area (Å²) in [5.41, 5.74) is 5.28. The summed E-state index contributed by atoms with van der Waals surface area (Å²) in [5, 5.41) is 2.36. The van der Waals surface area contributed by atoms with Crippen LogP contribution in [0.2, 0.25) is 0 Å². The Morgan fingerprint density at radius 3 is 2.83 bits per heavy atom. The molecule has 1 atom stereocenters. The molecule has 0 saturated carbocycles. The molecule has 2 aromatic heterocycles. The van der Waals surface area contributed by atoms with Crippen molar-refractivity contribution in [1.82, 2.24) is 14.9 Å². The van der Waals surface area contributed by atoms with E-state index < -0.39 is 5.41 Å². The maximum absolute atomic E-state index is 12.5. The van der Waals surface area contributed by atoms with E-state index in [1.807, 2.05) is 12.3 Å². The number of aromatic nitrogens is 2. The molecule has 0 radical (unpaired) electrons. The first kappa shape index (κ1) is 17.6. The first-order chi connectivity index (χ1) is 14.1. The Morgan fingerprint density at radius 1 is 1.10 bits per heavy atom. The van der Waals surface area contributed by atoms with Crippen LogP contribution in [0.1, 0.15) is 23.2 Å². The molecule has 0 aliphatic heterocycles. The molecule has 1 aliphatic rings. The van der Waals surface area contributed by atoms with Crippen LogP contribution in [0, 0.1) is 0 Å². The lowest BCUT2D eigenvalue weighted by molar-refractivity contribution is -0.123. The van der Waals surface area contributed by atoms with Crippen LogP contribution < -0.4 is 0 Å². The van der Waals surface area contributed by atoms with Gasteiger partial charge >= 0.3 is 0 Å². The summed E-state index contributed by atoms with van der Waals surface area (Å²) >= 11 is 0. The number of carbonyl (C=O) groups is 1. The van der Waals surface area contributed by atoms with Gasteiger partial charge in [-0.15, -0.1) is 0 Å². The van der Waals surface area contributed by atoms with Crippen LogP contribution in [0.5, 0.6) is 0 Å². The molecule has 2 N–H and O–H groups in total. The van der Waals surface area contributed by atoms with Gasteiger partial charge in [0, 0.05) is 53.9 Å². The molecule has 1 aliphatic carbocycles. The lowest BCUT2D eigenvalue weighted by Crippen LogP contribution is -2.29. The van der Waals surface area contributed by atoms with Crippen LogP contribution in [-0.2, 0) is 10.2 Å². The molecule has 0 bridgehead atoms. The molecule has 4 nitrogen and oxygen atoms in total. The van der Waals surface area contributed by atoms with Crippen LogP contribution in [0.3, 0.4) is 0 Å². The van der Waals surface area contributed by atoms with Gasteiger partial charge in [-0.2, -0.15) is 0 Å². The molecule has 4 aromatic rings. The van der Waals surface area contributed by atoms with Gasteiger partial charge in [0.2, 0.25) is 5.91 Å². The number of amides is 1. The number of rotatable bonds is 3. The van der Waals surface area contributed by atoms with E-state index in [-0.39, 0.29) is 5.91 Å². The molecule has 29 heavy (non-hydrogen) atoms. The minimum absolute atomic E-state index is 0.0148. The highest BCUT2D eigenvalue weighted by Gasteiger charge is 2.38. The fourth-order valence-electron chi connectivity index (χ4n) is 4.54. The van der Waals surface area contributed by atoms with Gasteiger partial charge < -0.3 is 14.9 Å². The summed E-state index contributed by atoms with van der Waals surface area (Å²) in [4.78, 5) is 21.1. The van der Waals surface area contributed by atoms with Gasteiger partial charge in [0.25, 0.3) is 0 Å². The Kier molecular flexibility index (Phi) is 3.95. The third-order valence-corrected chi connectivity index (χ3v) is 5.92. The maximum Gasteiger partial charge on any atom is 0.245 e. The number of para-hydroxylation sites is 2. The molecule has 4 heteroatoms. The maximum atomic E-state index is 12.5. The van der Waals surface area contributed by atoms with E-state index in [9.17, 15) is 4.79 Å². The van der Waals surface area contributed by atoms with Gasteiger partial charge in [0.15, 0.2) is 0 Å². The number of allylic oxidation sites excluding steroid dienone is 2. The van der Waals surface area contributed by atoms with E-state index >= 15 is 0 Å². The molecule has 0 spiro atoms. The molecular formula is C25H23N3O. The number of likely N-dealkylation sites (N-methyl/N-ethyl adjacent to an activating group) is 1. The molecule has 0 fully saturated rings. The Hall–Kier alpha value is -3.53. The number of benzene rings is 2. The average Bonchev–Trinajstić information content (AvgIpc) is 3.36. The smallest absolute Gasteiger partial charge is 0.245 e. The number of fused-ring (bicyclic) bond motifs is 4. The Bertz CT molecular complexity index is 1290. The number of hydrogen-bond acceptors (Lipinski definition) is 1. The summed E-state index contributed by atoms with van der Waals surface area (Å²) < 4.78 is 0. The highest BCUT2D eigenvalue weighted by Crippen LogP contribution is 2.47. The lowest BCUT2D eigenvalue weighted by atomic mass is 9.68. The van der Waals surface area contributed by atoms with Gasteiger partial charge in [-0.1, -0.05) is 48.6 Å². The summed E-state index contributed by atoms with van der Waals surface area (Å²) in [5.74, 6) is -0.0148. The van der Waals surface area contributed by atoms with Crippen molar-refractivity contribution >= 4 is 33.8 Å². The predicted octanol–water partition coefficient (Wildman–Crippen LogP) is 5.00. The van der Waals surface area contributed by atoms with Gasteiger partial charge in [-0.05, 0) is 41.1 Å². The first-order valence-electron chi connectivity index (χ1n) is 9.85. The summed E-state index contributed by atoms with van der Waals surface area (Å²) in [6, 6.07) is 16.9. The zero-order chi connectivity index (χ0) is 20.0. The average molecular weight is 381 g/mol. The molecular weight excluding hydrogens is 358 g/mol. The second kappa shape index (κ2) is 6.52. The highest BCUT2D eigenvalue weighted by atomic mass is 16.2. The number of aromatic amines is 2. The number of nitrogens with zero attached hydrogens (tertiary/aromatic N) is 1. The molecule has 2 heterocycles. The molecule has 0 saturated heterocycles. The minimum atomic E-state index is -0.445. The molecule has 144 valence electrons. The summed E-state index contributed by atoms with van der Waals surface area (Å²) in [7, 11) is 3.56. The highest BCUT2D eigenvalue weighted by molar-refractivity contribution is 5.94. The summed E-state index contributed by atoms with van der Waals surface area (Å²) in [6.07, 6.45) is 10.9. The number of carbonyl (C=O) groups excluding carboxylic acids is 1. The second-order valence-electron chi connectivity index (χ2n) is 7.85. The van der Waals surface area contributed by atoms with Crippen LogP contribution in [0.15, 0.2) is 73.0 Å². The standard InChI is InChI=1S/C25H23N3O/c1-28(2)22(29)12-15-25(19-9-5-7-17-13-16-26-24(17)19)14-6-11-21-23(25)18-8-3-4-10-20(18)27-21/h3-13,15-16,26-27H,14H2,1-2H3/b15-12+. The SMILES string of the molecule is CN(C)C(=O)/C=C/C1(c2cccc3cc[nH]c23)CC=Cc2[nH]c3ccccc3c21. The minimum Gasteiger partial charge on any atom is -0.361 e. The lowest BCUT2D eigenvalue weighted by Gasteiger charge is -2.34. The van der Waals surface area contributed by atoms with E-state index in [1.165, 1.54) is 21.9 Å². The van der Waals surface area contributed by atoms with Crippen molar-refractivity contribution < 1.29 is 4.79 Å². The third kappa shape index (κ3) is 2.64. The topological polar surface area (TPSA) is 51.9 Å². The van der Waals surface area contributed by atoms with Crippen molar-refractivity contribution in [2.45, 2.75) is 11.8 Å². The van der Waals surface area contributed by atoms with Crippen LogP contribution in [0.4, 0.5) is 0 Å². The monoisotopic (exact) mass is 381 g/mol. The Balaban J connectivity index is 1.85. The second-order valence-corrected chi connectivity index (χ2v) is 7.85. The normalized spacial score (nSPS) is 18.6. The van der Waals surface area contributed by atoms with Crippen molar-refractivity contribution in [3.8, 4) is 0 Å². The van der Waals surface area contributed by atoms with E-state index in [0.29, 0.717) is 0 Å². The van der Waals surface area contributed by atoms with Crippen LogP contribution in [-0.4, -0.2) is 34.9 Å². The van der Waals surface area contributed by atoms with Crippen molar-refractivity contribution in [2.75, 3.05) is 14.1 Å². The van der Waals surface area contributed by atoms with Gasteiger partial charge in [-0.3, -0.25) is 4.79 Å². The van der Waals surface area contributed by atoms with Gasteiger partial charge in [0.05, 0.1) is 0 Å². The number of H-pyrrole nitrogens is 2. The Morgan fingerprint density at radius 2 is 1.97 bits per heavy atom. The quantitative estimate of drug-likeness (QED) is 0.482. The largest absolute Gasteiger partial charge is 0.361 e. The molecule has 1 unspecified atom stereocenters.